The summed E-state index contributed by atoms with van der Waals surface area (Å²) >= 11 is 1.34. The van der Waals surface area contributed by atoms with Gasteiger partial charge >= 0.3 is 5.97 Å². The summed E-state index contributed by atoms with van der Waals surface area (Å²) in [7, 11) is 0. The number of allylic oxidation sites excluding steroid dienone is 1. The number of nitrogens with zero attached hydrogens (tertiary/aromatic N) is 3. The van der Waals surface area contributed by atoms with Crippen LogP contribution in [0.4, 0.5) is 5.69 Å². The smallest absolute Gasteiger partial charge is 0.338 e. The van der Waals surface area contributed by atoms with Crippen molar-refractivity contribution in [2.24, 2.45) is 4.99 Å². The van der Waals surface area contributed by atoms with Crippen LogP contribution in [0.1, 0.15) is 56.7 Å². The molecule has 1 saturated heterocycles. The Balaban J connectivity index is 1.48. The minimum atomic E-state index is -0.684. The zero-order chi connectivity index (χ0) is 26.9. The molecule has 202 valence electrons. The third-order valence-corrected chi connectivity index (χ3v) is 8.25. The standard InChI is InChI=1S/C30H31N3O5S/c1-3-7-22-26(29(35)36-4-2)27(20-10-13-23-24(17-20)38-18-37-23)33-28(34)25(39-30(33)31-22)16-19-8-11-21(12-9-19)32-14-5-6-15-32/h8-13,16-17,27H,3-7,14-15,18H2,1-2H3/b25-16+/t27-/m1/s1. The summed E-state index contributed by atoms with van der Waals surface area (Å²) in [6.45, 7) is 6.36. The number of rotatable bonds is 7. The van der Waals surface area contributed by atoms with Crippen molar-refractivity contribution in [2.45, 2.75) is 45.6 Å². The average molecular weight is 546 g/mol. The van der Waals surface area contributed by atoms with E-state index in [1.165, 1.54) is 29.9 Å². The summed E-state index contributed by atoms with van der Waals surface area (Å²) in [5.74, 6) is 0.767. The predicted molar refractivity (Wildman–Crippen MR) is 150 cm³/mol. The molecule has 3 aliphatic heterocycles. The molecule has 39 heavy (non-hydrogen) atoms. The number of esters is 1. The Morgan fingerprint density at radius 1 is 1.10 bits per heavy atom. The van der Waals surface area contributed by atoms with E-state index in [0.29, 0.717) is 38.5 Å². The van der Waals surface area contributed by atoms with Gasteiger partial charge in [-0.15, -0.1) is 0 Å². The Bertz CT molecular complexity index is 1610. The fourth-order valence-electron chi connectivity index (χ4n) is 5.43. The Kier molecular flexibility index (Phi) is 6.99. The first-order valence-corrected chi connectivity index (χ1v) is 14.4. The number of thiazole rings is 1. The Labute approximate surface area is 230 Å². The second kappa shape index (κ2) is 10.7. The number of benzene rings is 2. The molecule has 0 saturated carbocycles. The van der Waals surface area contributed by atoms with Crippen molar-refractivity contribution in [1.82, 2.24) is 4.57 Å². The number of fused-ring (bicyclic) bond motifs is 2. The van der Waals surface area contributed by atoms with Crippen LogP contribution in [0.15, 0.2) is 63.5 Å². The lowest BCUT2D eigenvalue weighted by molar-refractivity contribution is -0.139. The molecule has 0 aliphatic carbocycles. The largest absolute Gasteiger partial charge is 0.463 e. The van der Waals surface area contributed by atoms with Crippen LogP contribution in [0.5, 0.6) is 11.5 Å². The maximum atomic E-state index is 13.9. The van der Waals surface area contributed by atoms with E-state index in [9.17, 15) is 9.59 Å². The molecule has 1 aromatic heterocycles. The topological polar surface area (TPSA) is 82.4 Å². The summed E-state index contributed by atoms with van der Waals surface area (Å²) in [6, 6.07) is 13.2. The van der Waals surface area contributed by atoms with Crippen molar-refractivity contribution in [3.8, 4) is 11.5 Å². The van der Waals surface area contributed by atoms with Gasteiger partial charge in [-0.05, 0) is 67.7 Å². The van der Waals surface area contributed by atoms with Crippen molar-refractivity contribution in [1.29, 1.82) is 0 Å². The van der Waals surface area contributed by atoms with Gasteiger partial charge in [0, 0.05) is 18.8 Å². The van der Waals surface area contributed by atoms with E-state index in [0.717, 1.165) is 30.6 Å². The second-order valence-corrected chi connectivity index (χ2v) is 10.8. The molecule has 0 N–H and O–H groups in total. The molecule has 3 aromatic rings. The molecule has 1 atom stereocenters. The number of hydrogen-bond donors (Lipinski definition) is 0. The lowest BCUT2D eigenvalue weighted by Crippen LogP contribution is -2.40. The maximum absolute atomic E-state index is 13.9. The quantitative estimate of drug-likeness (QED) is 0.419. The minimum Gasteiger partial charge on any atom is -0.463 e. The van der Waals surface area contributed by atoms with Crippen LogP contribution in [0.2, 0.25) is 0 Å². The van der Waals surface area contributed by atoms with Crippen LogP contribution in [-0.2, 0) is 9.53 Å². The van der Waals surface area contributed by atoms with Crippen LogP contribution in [-0.4, -0.2) is 37.0 Å². The molecular weight excluding hydrogens is 514 g/mol. The van der Waals surface area contributed by atoms with Crippen LogP contribution in [0.3, 0.4) is 0 Å². The van der Waals surface area contributed by atoms with E-state index < -0.39 is 12.0 Å². The zero-order valence-electron chi connectivity index (χ0n) is 22.1. The third-order valence-electron chi connectivity index (χ3n) is 7.27. The first-order valence-electron chi connectivity index (χ1n) is 13.5. The highest BCUT2D eigenvalue weighted by Gasteiger charge is 2.35. The summed E-state index contributed by atoms with van der Waals surface area (Å²) in [4.78, 5) is 35.1. The van der Waals surface area contributed by atoms with Crippen LogP contribution in [0, 0.1) is 0 Å². The van der Waals surface area contributed by atoms with E-state index in [2.05, 4.69) is 17.0 Å². The number of carbonyl (C=O) groups is 1. The van der Waals surface area contributed by atoms with Gasteiger partial charge in [-0.1, -0.05) is 42.9 Å². The first-order chi connectivity index (χ1) is 19.1. The molecule has 6 rings (SSSR count). The molecule has 1 fully saturated rings. The molecule has 9 heteroatoms. The summed E-state index contributed by atoms with van der Waals surface area (Å²) < 4.78 is 18.8. The molecule has 8 nitrogen and oxygen atoms in total. The summed E-state index contributed by atoms with van der Waals surface area (Å²) in [5.41, 5.74) is 3.75. The molecule has 0 unspecified atom stereocenters. The molecule has 3 aliphatic rings. The number of aromatic nitrogens is 1. The van der Waals surface area contributed by atoms with Crippen LogP contribution < -0.4 is 29.3 Å². The number of hydrogen-bond acceptors (Lipinski definition) is 8. The highest BCUT2D eigenvalue weighted by molar-refractivity contribution is 7.07. The van der Waals surface area contributed by atoms with Gasteiger partial charge in [0.05, 0.1) is 28.5 Å². The van der Waals surface area contributed by atoms with Crippen molar-refractivity contribution >= 4 is 29.1 Å². The highest BCUT2D eigenvalue weighted by atomic mass is 32.1. The lowest BCUT2D eigenvalue weighted by atomic mass is 9.94. The summed E-state index contributed by atoms with van der Waals surface area (Å²) in [5, 5.41) is 0. The van der Waals surface area contributed by atoms with E-state index in [1.807, 2.05) is 43.3 Å². The van der Waals surface area contributed by atoms with Gasteiger partial charge in [0.2, 0.25) is 6.79 Å². The summed E-state index contributed by atoms with van der Waals surface area (Å²) in [6.07, 6.45) is 5.75. The molecule has 0 radical (unpaired) electrons. The van der Waals surface area contributed by atoms with E-state index in [1.54, 1.807) is 11.5 Å². The maximum Gasteiger partial charge on any atom is 0.338 e. The SMILES string of the molecule is CCCC1=C(C(=O)OCC)[C@@H](c2ccc3c(c2)OCO3)n2c(s/c(=C/c3ccc(N4CCCC4)cc3)c2=O)=N1. The monoisotopic (exact) mass is 545 g/mol. The van der Waals surface area contributed by atoms with Crippen LogP contribution in [0.25, 0.3) is 6.08 Å². The van der Waals surface area contributed by atoms with Crippen molar-refractivity contribution in [3.05, 3.63) is 84.5 Å². The predicted octanol–water partition coefficient (Wildman–Crippen LogP) is 3.91. The number of carbonyl (C=O) groups excluding carboxylic acids is 1. The lowest BCUT2D eigenvalue weighted by Gasteiger charge is -2.25. The third kappa shape index (κ3) is 4.76. The molecule has 0 bridgehead atoms. The molecular formula is C30H31N3O5S. The van der Waals surface area contributed by atoms with Gasteiger partial charge in [0.15, 0.2) is 16.3 Å². The van der Waals surface area contributed by atoms with Gasteiger partial charge in [0.25, 0.3) is 5.56 Å². The van der Waals surface area contributed by atoms with Gasteiger partial charge in [-0.25, -0.2) is 9.79 Å². The molecule has 0 spiro atoms. The Morgan fingerprint density at radius 3 is 2.62 bits per heavy atom. The highest BCUT2D eigenvalue weighted by Crippen LogP contribution is 2.38. The Hall–Kier alpha value is -3.85. The van der Waals surface area contributed by atoms with E-state index in [4.69, 9.17) is 19.2 Å². The Morgan fingerprint density at radius 2 is 1.87 bits per heavy atom. The molecule has 2 aromatic carbocycles. The minimum absolute atomic E-state index is 0.139. The zero-order valence-corrected chi connectivity index (χ0v) is 23.0. The fraction of sp³-hybridized carbons (Fsp3) is 0.367. The van der Waals surface area contributed by atoms with Crippen molar-refractivity contribution in [2.75, 3.05) is 31.4 Å². The number of ether oxygens (including phenoxy) is 3. The van der Waals surface area contributed by atoms with Crippen molar-refractivity contribution in [3.63, 3.8) is 0 Å². The fourth-order valence-corrected chi connectivity index (χ4v) is 6.45. The van der Waals surface area contributed by atoms with E-state index >= 15 is 0 Å². The van der Waals surface area contributed by atoms with Gasteiger partial charge in [-0.2, -0.15) is 0 Å². The first kappa shape index (κ1) is 25.4. The normalized spacial score (nSPS) is 18.4. The van der Waals surface area contributed by atoms with E-state index in [-0.39, 0.29) is 19.0 Å². The number of anilines is 1. The van der Waals surface area contributed by atoms with Crippen LogP contribution >= 0.6 is 11.3 Å². The molecule has 0 amide bonds. The average Bonchev–Trinajstić information content (AvgIpc) is 3.70. The second-order valence-electron chi connectivity index (χ2n) is 9.81. The van der Waals surface area contributed by atoms with Gasteiger partial charge in [0.1, 0.15) is 0 Å². The molecule has 4 heterocycles. The van der Waals surface area contributed by atoms with Crippen molar-refractivity contribution < 1.29 is 19.0 Å². The van der Waals surface area contributed by atoms with Gasteiger partial charge < -0.3 is 19.1 Å². The van der Waals surface area contributed by atoms with Gasteiger partial charge in [-0.3, -0.25) is 9.36 Å².